The largest absolute Gasteiger partial charge is 0.496 e. The first-order valence-electron chi connectivity index (χ1n) is 3.15. The summed E-state index contributed by atoms with van der Waals surface area (Å²) in [5.41, 5.74) is 0.745. The van der Waals surface area contributed by atoms with Gasteiger partial charge in [-0.3, -0.25) is 0 Å². The minimum atomic E-state index is -0.412. The van der Waals surface area contributed by atoms with Crippen molar-refractivity contribution in [2.24, 2.45) is 0 Å². The molecule has 1 aromatic rings. The van der Waals surface area contributed by atoms with Crippen molar-refractivity contribution in [3.05, 3.63) is 28.5 Å². The maximum atomic E-state index is 12.7. The highest BCUT2D eigenvalue weighted by Crippen LogP contribution is 2.24. The molecule has 1 nitrogen and oxygen atoms in total. The van der Waals surface area contributed by atoms with Crippen LogP contribution in [0.25, 0.3) is 0 Å². The summed E-state index contributed by atoms with van der Waals surface area (Å²) in [6.07, 6.45) is 0. The molecule has 11 heavy (non-hydrogen) atoms. The Hall–Kier alpha value is -0.760. The van der Waals surface area contributed by atoms with E-state index in [1.54, 1.807) is 6.92 Å². The summed E-state index contributed by atoms with van der Waals surface area (Å²) in [7, 11) is 1.52. The van der Waals surface area contributed by atoms with Crippen LogP contribution < -0.4 is 4.74 Å². The maximum absolute atomic E-state index is 12.7. The zero-order valence-corrected chi connectivity index (χ0v) is 7.07. The topological polar surface area (TPSA) is 9.23 Å². The number of rotatable bonds is 1. The molecule has 0 aliphatic heterocycles. The Bertz CT molecular complexity index is 273. The van der Waals surface area contributed by atoms with E-state index in [1.807, 2.05) is 0 Å². The SMILES string of the molecule is COc1cc(Cl)c(F)cc1C. The van der Waals surface area contributed by atoms with E-state index in [0.29, 0.717) is 5.75 Å². The van der Waals surface area contributed by atoms with Crippen LogP contribution in [0.15, 0.2) is 12.1 Å². The highest BCUT2D eigenvalue weighted by Gasteiger charge is 2.04. The number of hydrogen-bond donors (Lipinski definition) is 0. The molecule has 1 rings (SSSR count). The standard InChI is InChI=1S/C8H8ClFO/c1-5-3-7(10)6(9)4-8(5)11-2/h3-4H,1-2H3. The average Bonchev–Trinajstić information content (AvgIpc) is 1.97. The third-order valence-electron chi connectivity index (χ3n) is 1.44. The number of methoxy groups -OCH3 is 1. The molecule has 0 saturated carbocycles. The molecule has 0 bridgehead atoms. The van der Waals surface area contributed by atoms with Crippen LogP contribution in [0.1, 0.15) is 5.56 Å². The average molecular weight is 175 g/mol. The molecule has 3 heteroatoms. The van der Waals surface area contributed by atoms with Gasteiger partial charge in [-0.1, -0.05) is 11.6 Å². The lowest BCUT2D eigenvalue weighted by molar-refractivity contribution is 0.410. The molecule has 60 valence electrons. The third-order valence-corrected chi connectivity index (χ3v) is 1.73. The first-order chi connectivity index (χ1) is 5.15. The Morgan fingerprint density at radius 1 is 1.45 bits per heavy atom. The van der Waals surface area contributed by atoms with Crippen molar-refractivity contribution >= 4 is 11.6 Å². The van der Waals surface area contributed by atoms with Gasteiger partial charge in [0, 0.05) is 6.07 Å². The quantitative estimate of drug-likeness (QED) is 0.636. The van der Waals surface area contributed by atoms with Gasteiger partial charge in [0.25, 0.3) is 0 Å². The summed E-state index contributed by atoms with van der Waals surface area (Å²) in [6.45, 7) is 1.76. The Morgan fingerprint density at radius 3 is 2.64 bits per heavy atom. The lowest BCUT2D eigenvalue weighted by atomic mass is 10.2. The second-order valence-corrected chi connectivity index (χ2v) is 2.64. The summed E-state index contributed by atoms with van der Waals surface area (Å²) in [5, 5.41) is 0.0902. The third kappa shape index (κ3) is 1.63. The predicted molar refractivity (Wildman–Crippen MR) is 42.7 cm³/mol. The number of ether oxygens (including phenoxy) is 1. The molecule has 1 aromatic carbocycles. The van der Waals surface area contributed by atoms with E-state index in [1.165, 1.54) is 19.2 Å². The van der Waals surface area contributed by atoms with E-state index >= 15 is 0 Å². The number of halogens is 2. The summed E-state index contributed by atoms with van der Waals surface area (Å²) < 4.78 is 17.6. The first-order valence-corrected chi connectivity index (χ1v) is 3.52. The van der Waals surface area contributed by atoms with E-state index in [-0.39, 0.29) is 5.02 Å². The van der Waals surface area contributed by atoms with Crippen LogP contribution in [-0.2, 0) is 0 Å². The van der Waals surface area contributed by atoms with Crippen molar-refractivity contribution < 1.29 is 9.13 Å². The van der Waals surface area contributed by atoms with Crippen LogP contribution in [0.5, 0.6) is 5.75 Å². The Labute approximate surface area is 69.7 Å². The van der Waals surface area contributed by atoms with Gasteiger partial charge in [0.05, 0.1) is 12.1 Å². The molecule has 0 aliphatic carbocycles. The molecule has 0 N–H and O–H groups in total. The van der Waals surface area contributed by atoms with E-state index in [9.17, 15) is 4.39 Å². The van der Waals surface area contributed by atoms with Gasteiger partial charge in [-0.2, -0.15) is 0 Å². The monoisotopic (exact) mass is 174 g/mol. The van der Waals surface area contributed by atoms with Gasteiger partial charge in [0.15, 0.2) is 0 Å². The van der Waals surface area contributed by atoms with Crippen molar-refractivity contribution in [1.82, 2.24) is 0 Å². The van der Waals surface area contributed by atoms with Crippen molar-refractivity contribution in [2.45, 2.75) is 6.92 Å². The molecule has 0 aromatic heterocycles. The maximum Gasteiger partial charge on any atom is 0.142 e. The van der Waals surface area contributed by atoms with Crippen molar-refractivity contribution in [1.29, 1.82) is 0 Å². The molecular formula is C8H8ClFO. The minimum Gasteiger partial charge on any atom is -0.496 e. The van der Waals surface area contributed by atoms with Gasteiger partial charge in [0.1, 0.15) is 11.6 Å². The number of benzene rings is 1. The first kappa shape index (κ1) is 8.34. The normalized spacial score (nSPS) is 9.82. The van der Waals surface area contributed by atoms with Crippen molar-refractivity contribution in [3.63, 3.8) is 0 Å². The minimum absolute atomic E-state index is 0.0902. The fourth-order valence-electron chi connectivity index (χ4n) is 0.848. The second kappa shape index (κ2) is 3.09. The molecule has 0 spiro atoms. The van der Waals surface area contributed by atoms with Crippen molar-refractivity contribution in [2.75, 3.05) is 7.11 Å². The molecule has 0 aliphatic rings. The second-order valence-electron chi connectivity index (χ2n) is 2.24. The highest BCUT2D eigenvalue weighted by molar-refractivity contribution is 6.30. The molecule has 0 fully saturated rings. The van der Waals surface area contributed by atoms with Gasteiger partial charge in [-0.05, 0) is 18.6 Å². The molecule has 0 heterocycles. The summed E-state index contributed by atoms with van der Waals surface area (Å²) in [6, 6.07) is 2.81. The van der Waals surface area contributed by atoms with Gasteiger partial charge in [-0.15, -0.1) is 0 Å². The van der Waals surface area contributed by atoms with Gasteiger partial charge < -0.3 is 4.74 Å². The number of hydrogen-bond acceptors (Lipinski definition) is 1. The zero-order chi connectivity index (χ0) is 8.43. The van der Waals surface area contributed by atoms with Crippen LogP contribution >= 0.6 is 11.6 Å². The van der Waals surface area contributed by atoms with Crippen LogP contribution in [-0.4, -0.2) is 7.11 Å². The molecule has 0 radical (unpaired) electrons. The lowest BCUT2D eigenvalue weighted by Gasteiger charge is -2.04. The molecule has 0 amide bonds. The van der Waals surface area contributed by atoms with Gasteiger partial charge in [-0.25, -0.2) is 4.39 Å². The molecule has 0 saturated heterocycles. The number of aryl methyl sites for hydroxylation is 1. The van der Waals surface area contributed by atoms with Crippen LogP contribution in [0.2, 0.25) is 5.02 Å². The van der Waals surface area contributed by atoms with Crippen LogP contribution in [0.4, 0.5) is 4.39 Å². The zero-order valence-electron chi connectivity index (χ0n) is 6.32. The van der Waals surface area contributed by atoms with E-state index in [4.69, 9.17) is 16.3 Å². The summed E-state index contributed by atoms with van der Waals surface area (Å²) in [5.74, 6) is 0.196. The fourth-order valence-corrected chi connectivity index (χ4v) is 1.00. The van der Waals surface area contributed by atoms with E-state index in [0.717, 1.165) is 5.56 Å². The van der Waals surface area contributed by atoms with Crippen LogP contribution in [0.3, 0.4) is 0 Å². The summed E-state index contributed by atoms with van der Waals surface area (Å²) >= 11 is 5.51. The van der Waals surface area contributed by atoms with Crippen LogP contribution in [0, 0.1) is 12.7 Å². The Morgan fingerprint density at radius 2 is 2.09 bits per heavy atom. The summed E-state index contributed by atoms with van der Waals surface area (Å²) in [4.78, 5) is 0. The Kier molecular flexibility index (Phi) is 2.35. The van der Waals surface area contributed by atoms with Gasteiger partial charge in [0.2, 0.25) is 0 Å². The fraction of sp³-hybridized carbons (Fsp3) is 0.250. The molecular weight excluding hydrogens is 167 g/mol. The Balaban J connectivity index is 3.21. The molecule has 0 atom stereocenters. The van der Waals surface area contributed by atoms with Crippen molar-refractivity contribution in [3.8, 4) is 5.75 Å². The van der Waals surface area contributed by atoms with E-state index < -0.39 is 5.82 Å². The molecule has 0 unspecified atom stereocenters. The van der Waals surface area contributed by atoms with Gasteiger partial charge >= 0.3 is 0 Å². The predicted octanol–water partition coefficient (Wildman–Crippen LogP) is 2.80. The van der Waals surface area contributed by atoms with E-state index in [2.05, 4.69) is 0 Å². The lowest BCUT2D eigenvalue weighted by Crippen LogP contribution is -1.88. The smallest absolute Gasteiger partial charge is 0.142 e. The highest BCUT2D eigenvalue weighted by atomic mass is 35.5.